The molecule has 0 amide bonds. The number of aromatic nitrogens is 3. The summed E-state index contributed by atoms with van der Waals surface area (Å²) in [5.41, 5.74) is 1.42. The maximum Gasteiger partial charge on any atom is 0.315 e. The second-order valence-corrected chi connectivity index (χ2v) is 6.41. The average Bonchev–Trinajstić information content (AvgIpc) is 3.09. The zero-order valence-corrected chi connectivity index (χ0v) is 16.7. The number of H-pyrrole nitrogens is 1. The summed E-state index contributed by atoms with van der Waals surface area (Å²) >= 11 is 5.25. The highest BCUT2D eigenvalue weighted by Crippen LogP contribution is 2.37. The molecule has 3 aromatic rings. The fraction of sp³-hybridized carbons (Fsp3) is 0.211. The Bertz CT molecular complexity index is 1090. The standard InChI is InChI=1S/C19H19N5O4S/c1-27-16-11-14(10-15(24(25)26)18(16)28-2)12-20-23-17(21-22-19(23)29)9-8-13-6-4-3-5-7-13/h3-7,10-12H,8-9H2,1-2H3,(H,22,29)/b20-12-. The molecule has 0 atom stereocenters. The Kier molecular flexibility index (Phi) is 6.35. The molecule has 0 aliphatic rings. The SMILES string of the molecule is COc1cc(/C=N\n2c(CCc3ccccc3)n[nH]c2=S)cc([N+](=O)[O-])c1OC. The van der Waals surface area contributed by atoms with Crippen LogP contribution in [0, 0.1) is 14.9 Å². The van der Waals surface area contributed by atoms with E-state index in [1.165, 1.54) is 36.7 Å². The normalized spacial score (nSPS) is 11.0. The van der Waals surface area contributed by atoms with Crippen molar-refractivity contribution in [2.24, 2.45) is 5.10 Å². The van der Waals surface area contributed by atoms with E-state index < -0.39 is 4.92 Å². The summed E-state index contributed by atoms with van der Waals surface area (Å²) in [5, 5.41) is 22.7. The van der Waals surface area contributed by atoms with Crippen LogP contribution in [-0.4, -0.2) is 40.2 Å². The fourth-order valence-corrected chi connectivity index (χ4v) is 3.00. The van der Waals surface area contributed by atoms with E-state index >= 15 is 0 Å². The van der Waals surface area contributed by atoms with E-state index in [0.717, 1.165) is 6.42 Å². The van der Waals surface area contributed by atoms with Crippen molar-refractivity contribution in [3.8, 4) is 11.5 Å². The molecule has 9 nitrogen and oxygen atoms in total. The molecule has 0 fully saturated rings. The first-order valence-electron chi connectivity index (χ1n) is 8.68. The minimum absolute atomic E-state index is 0.0538. The van der Waals surface area contributed by atoms with Crippen LogP contribution >= 0.6 is 12.2 Å². The number of nitro benzene ring substituents is 1. The van der Waals surface area contributed by atoms with Gasteiger partial charge in [0.15, 0.2) is 11.6 Å². The van der Waals surface area contributed by atoms with E-state index in [9.17, 15) is 10.1 Å². The Morgan fingerprint density at radius 1 is 1.24 bits per heavy atom. The molecule has 10 heteroatoms. The molecule has 1 N–H and O–H groups in total. The summed E-state index contributed by atoms with van der Waals surface area (Å²) in [6.07, 6.45) is 2.87. The smallest absolute Gasteiger partial charge is 0.315 e. The van der Waals surface area contributed by atoms with Gasteiger partial charge in [0.1, 0.15) is 0 Å². The van der Waals surface area contributed by atoms with E-state index in [1.54, 1.807) is 6.07 Å². The summed E-state index contributed by atoms with van der Waals surface area (Å²) < 4.78 is 12.1. The summed E-state index contributed by atoms with van der Waals surface area (Å²) in [4.78, 5) is 10.8. The van der Waals surface area contributed by atoms with Gasteiger partial charge in [-0.1, -0.05) is 30.3 Å². The lowest BCUT2D eigenvalue weighted by Crippen LogP contribution is -2.02. The Hall–Kier alpha value is -3.53. The number of methoxy groups -OCH3 is 2. The van der Waals surface area contributed by atoms with Crippen LogP contribution in [0.2, 0.25) is 0 Å². The molecule has 1 heterocycles. The predicted molar refractivity (Wildman–Crippen MR) is 110 cm³/mol. The molecule has 0 radical (unpaired) electrons. The highest BCUT2D eigenvalue weighted by Gasteiger charge is 2.21. The number of benzene rings is 2. The van der Waals surface area contributed by atoms with Crippen molar-refractivity contribution < 1.29 is 14.4 Å². The van der Waals surface area contributed by atoms with Crippen molar-refractivity contribution in [2.75, 3.05) is 14.2 Å². The lowest BCUT2D eigenvalue weighted by molar-refractivity contribution is -0.385. The summed E-state index contributed by atoms with van der Waals surface area (Å²) in [6.45, 7) is 0. The monoisotopic (exact) mass is 413 g/mol. The molecule has 1 aromatic heterocycles. The summed E-state index contributed by atoms with van der Waals surface area (Å²) in [6, 6.07) is 13.0. The van der Waals surface area contributed by atoms with Gasteiger partial charge in [0.05, 0.1) is 25.4 Å². The van der Waals surface area contributed by atoms with Crippen molar-refractivity contribution in [2.45, 2.75) is 12.8 Å². The average molecular weight is 413 g/mol. The number of ether oxygens (including phenoxy) is 2. The van der Waals surface area contributed by atoms with Gasteiger partial charge in [-0.25, -0.2) is 0 Å². The number of rotatable bonds is 8. The Morgan fingerprint density at radius 3 is 2.66 bits per heavy atom. The van der Waals surface area contributed by atoms with Gasteiger partial charge in [0, 0.05) is 18.1 Å². The van der Waals surface area contributed by atoms with E-state index in [4.69, 9.17) is 21.7 Å². The third-order valence-electron chi connectivity index (χ3n) is 4.20. The van der Waals surface area contributed by atoms with Crippen LogP contribution in [0.25, 0.3) is 0 Å². The third-order valence-corrected chi connectivity index (χ3v) is 4.46. The van der Waals surface area contributed by atoms with Crippen LogP contribution < -0.4 is 9.47 Å². The van der Waals surface area contributed by atoms with Crippen LogP contribution in [0.1, 0.15) is 17.0 Å². The molecule has 3 rings (SSSR count). The molecule has 0 saturated carbocycles. The number of hydrogen-bond acceptors (Lipinski definition) is 7. The van der Waals surface area contributed by atoms with Gasteiger partial charge in [-0.05, 0) is 30.3 Å². The van der Waals surface area contributed by atoms with E-state index in [1.807, 2.05) is 30.3 Å². The van der Waals surface area contributed by atoms with Gasteiger partial charge in [-0.15, -0.1) is 0 Å². The molecule has 0 spiro atoms. The number of aromatic amines is 1. The number of nitrogens with zero attached hydrogens (tertiary/aromatic N) is 4. The lowest BCUT2D eigenvalue weighted by atomic mass is 10.1. The third kappa shape index (κ3) is 4.66. The zero-order chi connectivity index (χ0) is 20.8. The molecular formula is C19H19N5O4S. The van der Waals surface area contributed by atoms with Crippen LogP contribution in [0.4, 0.5) is 5.69 Å². The van der Waals surface area contributed by atoms with E-state index in [2.05, 4.69) is 15.3 Å². The van der Waals surface area contributed by atoms with E-state index in [0.29, 0.717) is 22.6 Å². The van der Waals surface area contributed by atoms with Gasteiger partial charge in [-0.2, -0.15) is 14.9 Å². The minimum Gasteiger partial charge on any atom is -0.493 e. The van der Waals surface area contributed by atoms with Gasteiger partial charge in [0.25, 0.3) is 0 Å². The molecule has 0 unspecified atom stereocenters. The van der Waals surface area contributed by atoms with Gasteiger partial charge in [-0.3, -0.25) is 15.2 Å². The molecule has 0 aliphatic carbocycles. The summed E-state index contributed by atoms with van der Waals surface area (Å²) in [5.74, 6) is 0.950. The van der Waals surface area contributed by atoms with Crippen LogP contribution in [-0.2, 0) is 12.8 Å². The maximum atomic E-state index is 11.4. The van der Waals surface area contributed by atoms with E-state index in [-0.39, 0.29) is 17.2 Å². The second-order valence-electron chi connectivity index (χ2n) is 6.02. The minimum atomic E-state index is -0.534. The van der Waals surface area contributed by atoms with Crippen LogP contribution in [0.5, 0.6) is 11.5 Å². The van der Waals surface area contributed by atoms with Crippen LogP contribution in [0.3, 0.4) is 0 Å². The molecular weight excluding hydrogens is 394 g/mol. The molecule has 0 saturated heterocycles. The Labute approximate surface area is 171 Å². The van der Waals surface area contributed by atoms with Crippen molar-refractivity contribution in [1.29, 1.82) is 0 Å². The number of nitrogens with one attached hydrogen (secondary N) is 1. The number of hydrogen-bond donors (Lipinski definition) is 1. The quantitative estimate of drug-likeness (QED) is 0.262. The number of nitro groups is 1. The summed E-state index contributed by atoms with van der Waals surface area (Å²) in [7, 11) is 2.76. The van der Waals surface area contributed by atoms with Gasteiger partial charge < -0.3 is 9.47 Å². The van der Waals surface area contributed by atoms with Gasteiger partial charge >= 0.3 is 5.69 Å². The molecule has 150 valence electrons. The zero-order valence-electron chi connectivity index (χ0n) is 15.9. The maximum absolute atomic E-state index is 11.4. The molecule has 2 aromatic carbocycles. The van der Waals surface area contributed by atoms with Crippen LogP contribution in [0.15, 0.2) is 47.6 Å². The predicted octanol–water partition coefficient (Wildman–Crippen LogP) is 3.53. The largest absolute Gasteiger partial charge is 0.493 e. The van der Waals surface area contributed by atoms with Crippen molar-refractivity contribution in [3.63, 3.8) is 0 Å². The highest BCUT2D eigenvalue weighted by atomic mass is 32.1. The Morgan fingerprint density at radius 2 is 2.00 bits per heavy atom. The second kappa shape index (κ2) is 9.11. The first kappa shape index (κ1) is 20.2. The lowest BCUT2D eigenvalue weighted by Gasteiger charge is -2.08. The highest BCUT2D eigenvalue weighted by molar-refractivity contribution is 7.71. The van der Waals surface area contributed by atoms with Crippen molar-refractivity contribution in [1.82, 2.24) is 14.9 Å². The fourth-order valence-electron chi connectivity index (χ4n) is 2.81. The molecule has 0 aliphatic heterocycles. The Balaban J connectivity index is 1.88. The van der Waals surface area contributed by atoms with Gasteiger partial charge in [0.2, 0.25) is 10.5 Å². The first-order valence-corrected chi connectivity index (χ1v) is 9.09. The molecule has 0 bridgehead atoms. The first-order chi connectivity index (χ1) is 14.0. The number of aryl methyl sites for hydroxylation is 2. The molecule has 29 heavy (non-hydrogen) atoms. The van der Waals surface area contributed by atoms with Crippen molar-refractivity contribution in [3.05, 3.63) is 74.3 Å². The topological polar surface area (TPSA) is 108 Å². The van der Waals surface area contributed by atoms with Crippen molar-refractivity contribution >= 4 is 24.1 Å².